The monoisotopic (exact) mass is 416 g/mol. The van der Waals surface area contributed by atoms with Gasteiger partial charge >= 0.3 is 0 Å². The molecule has 31 heavy (non-hydrogen) atoms. The zero-order valence-electron chi connectivity index (χ0n) is 18.2. The van der Waals surface area contributed by atoms with Crippen LogP contribution in [-0.4, -0.2) is 54.1 Å². The van der Waals surface area contributed by atoms with Gasteiger partial charge in [-0.15, -0.1) is 0 Å². The molecule has 2 N–H and O–H groups in total. The van der Waals surface area contributed by atoms with E-state index in [1.807, 2.05) is 37.3 Å². The fourth-order valence-electron chi connectivity index (χ4n) is 4.49. The van der Waals surface area contributed by atoms with E-state index >= 15 is 0 Å². The summed E-state index contributed by atoms with van der Waals surface area (Å²) in [6.45, 7) is 3.94. The lowest BCUT2D eigenvalue weighted by atomic mass is 9.97. The number of carbonyl (C=O) groups excluding carboxylic acids is 1. The maximum atomic E-state index is 13.3. The van der Waals surface area contributed by atoms with Crippen LogP contribution in [0.3, 0.4) is 0 Å². The number of amides is 1. The minimum atomic E-state index is -0.402. The smallest absolute Gasteiger partial charge is 0.252 e. The molecule has 0 bridgehead atoms. The summed E-state index contributed by atoms with van der Waals surface area (Å²) in [6, 6.07) is 14.1. The standard InChI is InChI=1S/C25H28N4O2/c1-16-6-7-17(29-14-18(15-29)28(2)3)13-20(16)24(31)27-25(10-11-25)21-8-9-22(30)23-19(21)5-4-12-26-23/h4-9,12-13,18,30H,10-11,14-15H2,1-3H3,(H,27,31). The lowest BCUT2D eigenvalue weighted by molar-refractivity contribution is 0.0930. The number of phenolic OH excluding ortho intramolecular Hbond substituents is 1. The second-order valence-corrected chi connectivity index (χ2v) is 9.09. The molecule has 160 valence electrons. The molecular formula is C25H28N4O2. The van der Waals surface area contributed by atoms with Gasteiger partial charge in [-0.25, -0.2) is 0 Å². The first-order valence-corrected chi connectivity index (χ1v) is 10.8. The van der Waals surface area contributed by atoms with Crippen molar-refractivity contribution in [2.45, 2.75) is 31.3 Å². The Morgan fingerprint density at radius 3 is 2.68 bits per heavy atom. The van der Waals surface area contributed by atoms with Gasteiger partial charge in [0.05, 0.1) is 5.54 Å². The van der Waals surface area contributed by atoms with Crippen LogP contribution in [0.1, 0.15) is 34.3 Å². The van der Waals surface area contributed by atoms with Crippen molar-refractivity contribution in [2.75, 3.05) is 32.1 Å². The van der Waals surface area contributed by atoms with Crippen molar-refractivity contribution >= 4 is 22.5 Å². The van der Waals surface area contributed by atoms with E-state index < -0.39 is 5.54 Å². The van der Waals surface area contributed by atoms with Crippen LogP contribution in [0.2, 0.25) is 0 Å². The van der Waals surface area contributed by atoms with Crippen LogP contribution in [0, 0.1) is 6.92 Å². The molecule has 6 heteroatoms. The van der Waals surface area contributed by atoms with E-state index in [0.717, 1.165) is 53.7 Å². The van der Waals surface area contributed by atoms with Crippen molar-refractivity contribution in [1.29, 1.82) is 0 Å². The van der Waals surface area contributed by atoms with Crippen molar-refractivity contribution in [3.05, 3.63) is 65.4 Å². The van der Waals surface area contributed by atoms with Gasteiger partial charge in [-0.2, -0.15) is 0 Å². The van der Waals surface area contributed by atoms with Gasteiger partial charge in [0, 0.05) is 42.0 Å². The number of aryl methyl sites for hydroxylation is 1. The van der Waals surface area contributed by atoms with E-state index in [2.05, 4.69) is 40.3 Å². The number of aromatic nitrogens is 1. The molecule has 0 unspecified atom stereocenters. The summed E-state index contributed by atoms with van der Waals surface area (Å²) in [5.74, 6) is 0.113. The lowest BCUT2D eigenvalue weighted by Gasteiger charge is -2.44. The Hall–Kier alpha value is -3.12. The molecule has 1 saturated heterocycles. The third-order valence-corrected chi connectivity index (χ3v) is 6.79. The van der Waals surface area contributed by atoms with E-state index in [0.29, 0.717) is 11.6 Å². The summed E-state index contributed by atoms with van der Waals surface area (Å²) in [5, 5.41) is 14.4. The SMILES string of the molecule is Cc1ccc(N2CC(N(C)C)C2)cc1C(=O)NC1(c2ccc(O)c3ncccc23)CC1. The molecule has 2 heterocycles. The molecule has 2 aromatic carbocycles. The quantitative estimate of drug-likeness (QED) is 0.667. The Bertz CT molecular complexity index is 1160. The van der Waals surface area contributed by atoms with E-state index in [4.69, 9.17) is 0 Å². The second kappa shape index (κ2) is 7.24. The number of benzene rings is 2. The van der Waals surface area contributed by atoms with Crippen molar-refractivity contribution in [3.63, 3.8) is 0 Å². The summed E-state index contributed by atoms with van der Waals surface area (Å²) in [6.07, 6.45) is 3.43. The minimum Gasteiger partial charge on any atom is -0.506 e. The highest BCUT2D eigenvalue weighted by Gasteiger charge is 2.47. The number of rotatable bonds is 5. The molecule has 0 spiro atoms. The molecule has 1 amide bonds. The van der Waals surface area contributed by atoms with E-state index in [9.17, 15) is 9.90 Å². The van der Waals surface area contributed by atoms with E-state index in [-0.39, 0.29) is 11.7 Å². The van der Waals surface area contributed by atoms with Crippen molar-refractivity contribution in [1.82, 2.24) is 15.2 Å². The lowest BCUT2D eigenvalue weighted by Crippen LogP contribution is -2.57. The molecule has 6 nitrogen and oxygen atoms in total. The van der Waals surface area contributed by atoms with Gasteiger partial charge in [0.25, 0.3) is 5.91 Å². The van der Waals surface area contributed by atoms with Crippen LogP contribution in [-0.2, 0) is 5.54 Å². The zero-order chi connectivity index (χ0) is 21.8. The normalized spacial score (nSPS) is 17.6. The number of likely N-dealkylation sites (N-methyl/N-ethyl adjacent to an activating group) is 1. The Labute approximate surface area is 182 Å². The highest BCUT2D eigenvalue weighted by Crippen LogP contribution is 2.49. The summed E-state index contributed by atoms with van der Waals surface area (Å²) in [7, 11) is 4.21. The van der Waals surface area contributed by atoms with Gasteiger partial charge in [-0.3, -0.25) is 9.78 Å². The van der Waals surface area contributed by atoms with Crippen LogP contribution >= 0.6 is 0 Å². The van der Waals surface area contributed by atoms with E-state index in [1.54, 1.807) is 12.3 Å². The predicted octanol–water partition coefficient (Wildman–Crippen LogP) is 3.42. The molecule has 1 saturated carbocycles. The molecule has 3 aromatic rings. The Balaban J connectivity index is 1.41. The number of nitrogens with zero attached hydrogens (tertiary/aromatic N) is 3. The van der Waals surface area contributed by atoms with Gasteiger partial charge in [-0.05, 0) is 69.3 Å². The van der Waals surface area contributed by atoms with Crippen LogP contribution in [0.5, 0.6) is 5.75 Å². The van der Waals surface area contributed by atoms with Gasteiger partial charge in [0.2, 0.25) is 0 Å². The predicted molar refractivity (Wildman–Crippen MR) is 123 cm³/mol. The first-order chi connectivity index (χ1) is 14.9. The maximum absolute atomic E-state index is 13.3. The summed E-state index contributed by atoms with van der Waals surface area (Å²) in [4.78, 5) is 22.2. The topological polar surface area (TPSA) is 68.7 Å². The van der Waals surface area contributed by atoms with Crippen molar-refractivity contribution in [2.24, 2.45) is 0 Å². The van der Waals surface area contributed by atoms with E-state index in [1.165, 1.54) is 0 Å². The third kappa shape index (κ3) is 3.41. The van der Waals surface area contributed by atoms with Gasteiger partial charge in [0.1, 0.15) is 11.3 Å². The highest BCUT2D eigenvalue weighted by atomic mass is 16.3. The van der Waals surface area contributed by atoms with Crippen LogP contribution < -0.4 is 10.2 Å². The fourth-order valence-corrected chi connectivity index (χ4v) is 4.49. The third-order valence-electron chi connectivity index (χ3n) is 6.79. The highest BCUT2D eigenvalue weighted by molar-refractivity contribution is 5.98. The maximum Gasteiger partial charge on any atom is 0.252 e. The average Bonchev–Trinajstić information content (AvgIpc) is 3.48. The summed E-state index contributed by atoms with van der Waals surface area (Å²) < 4.78 is 0. The number of aromatic hydroxyl groups is 1. The fraction of sp³-hybridized carbons (Fsp3) is 0.360. The van der Waals surface area contributed by atoms with Gasteiger partial charge < -0.3 is 20.2 Å². The summed E-state index contributed by atoms with van der Waals surface area (Å²) >= 11 is 0. The largest absolute Gasteiger partial charge is 0.506 e. The van der Waals surface area contributed by atoms with Gasteiger partial charge in [0.15, 0.2) is 0 Å². The second-order valence-electron chi connectivity index (χ2n) is 9.09. The molecule has 0 radical (unpaired) electrons. The first-order valence-electron chi connectivity index (χ1n) is 10.8. The Morgan fingerprint density at radius 2 is 1.97 bits per heavy atom. The Morgan fingerprint density at radius 1 is 1.19 bits per heavy atom. The Kier molecular flexibility index (Phi) is 4.63. The first kappa shape index (κ1) is 19.8. The molecule has 5 rings (SSSR count). The number of nitrogens with one attached hydrogen (secondary N) is 1. The summed E-state index contributed by atoms with van der Waals surface area (Å²) in [5.41, 5.74) is 3.98. The zero-order valence-corrected chi connectivity index (χ0v) is 18.2. The number of anilines is 1. The number of carbonyl (C=O) groups is 1. The molecule has 2 aliphatic rings. The molecule has 1 aliphatic carbocycles. The van der Waals surface area contributed by atoms with Crippen molar-refractivity contribution in [3.8, 4) is 5.75 Å². The molecule has 0 atom stereocenters. The number of hydrogen-bond acceptors (Lipinski definition) is 5. The molecular weight excluding hydrogens is 388 g/mol. The number of pyridine rings is 1. The number of phenols is 1. The molecule has 1 aliphatic heterocycles. The van der Waals surface area contributed by atoms with Crippen molar-refractivity contribution < 1.29 is 9.90 Å². The van der Waals surface area contributed by atoms with Gasteiger partial charge in [-0.1, -0.05) is 18.2 Å². The van der Waals surface area contributed by atoms with Crippen LogP contribution in [0.15, 0.2) is 48.7 Å². The molecule has 1 aromatic heterocycles. The minimum absolute atomic E-state index is 0.0494. The number of fused-ring (bicyclic) bond motifs is 1. The number of hydrogen-bond donors (Lipinski definition) is 2. The van der Waals surface area contributed by atoms with Crippen LogP contribution in [0.25, 0.3) is 10.9 Å². The molecule has 2 fully saturated rings. The van der Waals surface area contributed by atoms with Crippen LogP contribution in [0.4, 0.5) is 5.69 Å². The average molecular weight is 417 g/mol.